The van der Waals surface area contributed by atoms with E-state index in [-0.39, 0.29) is 0 Å². The molecule has 1 unspecified atom stereocenters. The van der Waals surface area contributed by atoms with Crippen LogP contribution >= 0.6 is 15.9 Å². The maximum absolute atomic E-state index is 4.46. The smallest absolute Gasteiger partial charge is 0.0597 e. The third kappa shape index (κ3) is 3.67. The van der Waals surface area contributed by atoms with Gasteiger partial charge in [0.2, 0.25) is 0 Å². The fourth-order valence-electron chi connectivity index (χ4n) is 2.14. The third-order valence-electron chi connectivity index (χ3n) is 3.24. The minimum absolute atomic E-state index is 0.327. The second-order valence-corrected chi connectivity index (χ2v) is 5.66. The van der Waals surface area contributed by atoms with E-state index in [1.807, 2.05) is 6.92 Å². The zero-order valence-corrected chi connectivity index (χ0v) is 13.2. The Balaban J connectivity index is 1.99. The van der Waals surface area contributed by atoms with Gasteiger partial charge in [-0.2, -0.15) is 5.10 Å². The number of hydrogen-bond acceptors (Lipinski definition) is 2. The predicted octanol–water partition coefficient (Wildman–Crippen LogP) is 3.82. The second-order valence-electron chi connectivity index (χ2n) is 4.75. The zero-order valence-electron chi connectivity index (χ0n) is 11.7. The lowest BCUT2D eigenvalue weighted by molar-refractivity contribution is 0.531. The van der Waals surface area contributed by atoms with Gasteiger partial charge in [0.15, 0.2) is 0 Å². The van der Waals surface area contributed by atoms with Gasteiger partial charge in [-0.15, -0.1) is 0 Å². The molecular weight excluding hydrogens is 302 g/mol. The Morgan fingerprint density at radius 3 is 2.63 bits per heavy atom. The largest absolute Gasteiger partial charge is 0.305 e. The molecule has 0 fully saturated rings. The van der Waals surface area contributed by atoms with Crippen LogP contribution in [0.3, 0.4) is 0 Å². The number of nitrogens with zero attached hydrogens (tertiary/aromatic N) is 2. The Kier molecular flexibility index (Phi) is 4.77. The van der Waals surface area contributed by atoms with E-state index in [0.717, 1.165) is 23.3 Å². The molecule has 0 aliphatic carbocycles. The van der Waals surface area contributed by atoms with Crippen molar-refractivity contribution >= 4 is 15.9 Å². The van der Waals surface area contributed by atoms with Crippen molar-refractivity contribution < 1.29 is 0 Å². The Bertz CT molecular complexity index is 531. The summed E-state index contributed by atoms with van der Waals surface area (Å²) in [6.45, 7) is 8.09. The summed E-state index contributed by atoms with van der Waals surface area (Å²) in [7, 11) is 0. The van der Waals surface area contributed by atoms with Gasteiger partial charge in [-0.05, 0) is 44.5 Å². The summed E-state index contributed by atoms with van der Waals surface area (Å²) >= 11 is 3.46. The van der Waals surface area contributed by atoms with E-state index in [1.165, 1.54) is 11.3 Å². The van der Waals surface area contributed by atoms with Crippen LogP contribution in [0.25, 0.3) is 0 Å². The molecule has 0 saturated heterocycles. The minimum Gasteiger partial charge on any atom is -0.305 e. The minimum atomic E-state index is 0.327. The molecule has 1 N–H and O–H groups in total. The molecule has 0 spiro atoms. The molecule has 0 saturated carbocycles. The van der Waals surface area contributed by atoms with Crippen LogP contribution in [0, 0.1) is 6.92 Å². The van der Waals surface area contributed by atoms with E-state index in [9.17, 15) is 0 Å². The highest BCUT2D eigenvalue weighted by Gasteiger charge is 2.08. The predicted molar refractivity (Wildman–Crippen MR) is 82.0 cm³/mol. The number of benzene rings is 1. The molecule has 0 radical (unpaired) electrons. The Labute approximate surface area is 123 Å². The number of aryl methyl sites for hydroxylation is 2. The number of nitrogens with one attached hydrogen (secondary N) is 1. The van der Waals surface area contributed by atoms with Crippen LogP contribution in [-0.2, 0) is 13.1 Å². The highest BCUT2D eigenvalue weighted by atomic mass is 79.9. The van der Waals surface area contributed by atoms with Gasteiger partial charge in [0.1, 0.15) is 0 Å². The highest BCUT2D eigenvalue weighted by Crippen LogP contribution is 2.17. The molecule has 1 heterocycles. The maximum Gasteiger partial charge on any atom is 0.0597 e. The van der Waals surface area contributed by atoms with Crippen LogP contribution in [0.15, 0.2) is 34.8 Å². The zero-order chi connectivity index (χ0) is 13.8. The summed E-state index contributed by atoms with van der Waals surface area (Å²) < 4.78 is 3.17. The Morgan fingerprint density at radius 2 is 2.00 bits per heavy atom. The van der Waals surface area contributed by atoms with Crippen molar-refractivity contribution in [1.29, 1.82) is 0 Å². The molecule has 2 aromatic rings. The lowest BCUT2D eigenvalue weighted by Crippen LogP contribution is -2.20. The fourth-order valence-corrected chi connectivity index (χ4v) is 2.41. The molecule has 0 aliphatic rings. The number of rotatable bonds is 5. The quantitative estimate of drug-likeness (QED) is 0.907. The first-order valence-electron chi connectivity index (χ1n) is 6.62. The second kappa shape index (κ2) is 6.35. The standard InChI is InChI=1S/C15H20BrN3/c1-4-19-15(9-11(2)18-19)10-17-12(3)13-5-7-14(16)8-6-13/h5-9,12,17H,4,10H2,1-3H3. The van der Waals surface area contributed by atoms with Crippen molar-refractivity contribution in [2.75, 3.05) is 0 Å². The van der Waals surface area contributed by atoms with Crippen molar-refractivity contribution in [2.24, 2.45) is 0 Å². The first-order valence-corrected chi connectivity index (χ1v) is 7.41. The Hall–Kier alpha value is -1.13. The maximum atomic E-state index is 4.46. The molecule has 102 valence electrons. The van der Waals surface area contributed by atoms with E-state index in [4.69, 9.17) is 0 Å². The lowest BCUT2D eigenvalue weighted by atomic mass is 10.1. The topological polar surface area (TPSA) is 29.9 Å². The normalized spacial score (nSPS) is 12.6. The van der Waals surface area contributed by atoms with Gasteiger partial charge in [-0.25, -0.2) is 0 Å². The van der Waals surface area contributed by atoms with Gasteiger partial charge in [0, 0.05) is 23.6 Å². The molecule has 4 heteroatoms. The van der Waals surface area contributed by atoms with Crippen LogP contribution in [0.5, 0.6) is 0 Å². The van der Waals surface area contributed by atoms with Gasteiger partial charge < -0.3 is 5.32 Å². The molecule has 1 atom stereocenters. The number of hydrogen-bond donors (Lipinski definition) is 1. The van der Waals surface area contributed by atoms with E-state index in [1.54, 1.807) is 0 Å². The first-order chi connectivity index (χ1) is 9.10. The molecule has 0 amide bonds. The van der Waals surface area contributed by atoms with Crippen molar-refractivity contribution in [3.63, 3.8) is 0 Å². The molecule has 1 aromatic heterocycles. The van der Waals surface area contributed by atoms with Gasteiger partial charge in [-0.1, -0.05) is 28.1 Å². The van der Waals surface area contributed by atoms with E-state index < -0.39 is 0 Å². The summed E-state index contributed by atoms with van der Waals surface area (Å²) in [6, 6.07) is 10.9. The van der Waals surface area contributed by atoms with Crippen molar-refractivity contribution in [1.82, 2.24) is 15.1 Å². The fraction of sp³-hybridized carbons (Fsp3) is 0.400. The summed E-state index contributed by atoms with van der Waals surface area (Å²) in [6.07, 6.45) is 0. The van der Waals surface area contributed by atoms with Gasteiger partial charge in [0.05, 0.1) is 11.4 Å². The van der Waals surface area contributed by atoms with Gasteiger partial charge >= 0.3 is 0 Å². The summed E-state index contributed by atoms with van der Waals surface area (Å²) in [5.41, 5.74) is 3.61. The van der Waals surface area contributed by atoms with E-state index in [2.05, 4.69) is 75.2 Å². The SMILES string of the molecule is CCn1nc(C)cc1CNC(C)c1ccc(Br)cc1. The number of aromatic nitrogens is 2. The van der Waals surface area contributed by atoms with Crippen LogP contribution in [0.4, 0.5) is 0 Å². The van der Waals surface area contributed by atoms with Crippen LogP contribution in [0.1, 0.15) is 36.8 Å². The van der Waals surface area contributed by atoms with Crippen LogP contribution < -0.4 is 5.32 Å². The van der Waals surface area contributed by atoms with Crippen LogP contribution in [0.2, 0.25) is 0 Å². The highest BCUT2D eigenvalue weighted by molar-refractivity contribution is 9.10. The van der Waals surface area contributed by atoms with Gasteiger partial charge in [-0.3, -0.25) is 4.68 Å². The summed E-state index contributed by atoms with van der Waals surface area (Å²) in [4.78, 5) is 0. The van der Waals surface area contributed by atoms with Crippen LogP contribution in [-0.4, -0.2) is 9.78 Å². The first kappa shape index (κ1) is 14.3. The summed E-state index contributed by atoms with van der Waals surface area (Å²) in [5, 5.41) is 8.01. The van der Waals surface area contributed by atoms with Crippen molar-refractivity contribution in [3.8, 4) is 0 Å². The van der Waals surface area contributed by atoms with Crippen molar-refractivity contribution in [2.45, 2.75) is 39.9 Å². The average molecular weight is 322 g/mol. The number of halogens is 1. The molecule has 19 heavy (non-hydrogen) atoms. The van der Waals surface area contributed by atoms with E-state index >= 15 is 0 Å². The summed E-state index contributed by atoms with van der Waals surface area (Å²) in [5.74, 6) is 0. The van der Waals surface area contributed by atoms with Gasteiger partial charge in [0.25, 0.3) is 0 Å². The monoisotopic (exact) mass is 321 g/mol. The molecule has 1 aromatic carbocycles. The lowest BCUT2D eigenvalue weighted by Gasteiger charge is -2.14. The molecule has 3 nitrogen and oxygen atoms in total. The molecule has 0 bridgehead atoms. The van der Waals surface area contributed by atoms with Crippen molar-refractivity contribution in [3.05, 3.63) is 51.8 Å². The molecule has 2 rings (SSSR count). The Morgan fingerprint density at radius 1 is 1.32 bits per heavy atom. The molecule has 0 aliphatic heterocycles. The van der Waals surface area contributed by atoms with E-state index in [0.29, 0.717) is 6.04 Å². The third-order valence-corrected chi connectivity index (χ3v) is 3.77. The average Bonchev–Trinajstić information content (AvgIpc) is 2.77. The molecular formula is C15H20BrN3.